The first-order valence-corrected chi connectivity index (χ1v) is 11.6. The Bertz CT molecular complexity index is 1290. The molecule has 0 aromatic carbocycles. The van der Waals surface area contributed by atoms with E-state index in [0.717, 1.165) is 6.20 Å². The zero-order chi connectivity index (χ0) is 23.9. The normalized spacial score (nSPS) is 17.6. The highest BCUT2D eigenvalue weighted by Crippen LogP contribution is 2.31. The molecule has 1 fully saturated rings. The molecule has 0 unspecified atom stereocenters. The van der Waals surface area contributed by atoms with Gasteiger partial charge in [0.2, 0.25) is 5.91 Å². The number of carbonyl (C=O) groups is 1. The van der Waals surface area contributed by atoms with Crippen molar-refractivity contribution in [3.63, 3.8) is 0 Å². The van der Waals surface area contributed by atoms with Crippen LogP contribution in [0.4, 0.5) is 23.4 Å². The van der Waals surface area contributed by atoms with Gasteiger partial charge in [-0.25, -0.2) is 27.8 Å². The standard InChI is InChI=1S/C19H18F4N6O3S/c20-13-9-26-15(12-8-25-14-11(12)2-1-5-24-14)28-16(13)29-18(3-6-33(31,32)7-4-18)17(30)27-10-19(21,22)23/h1-2,5,8-9H,3-4,6-7,10H2,(H,24,25)(H,27,30)(H,26,28,29). The number of nitrogens with one attached hydrogen (secondary N) is 3. The number of sulfone groups is 1. The molecule has 1 saturated heterocycles. The van der Waals surface area contributed by atoms with Gasteiger partial charge < -0.3 is 15.6 Å². The van der Waals surface area contributed by atoms with Gasteiger partial charge in [-0.3, -0.25) is 4.79 Å². The van der Waals surface area contributed by atoms with Crippen molar-refractivity contribution in [1.82, 2.24) is 25.3 Å². The van der Waals surface area contributed by atoms with Crippen molar-refractivity contribution in [2.75, 3.05) is 23.4 Å². The Morgan fingerprint density at radius 3 is 2.64 bits per heavy atom. The molecule has 0 radical (unpaired) electrons. The Labute approximate surface area is 185 Å². The van der Waals surface area contributed by atoms with Crippen LogP contribution in [0.3, 0.4) is 0 Å². The van der Waals surface area contributed by atoms with E-state index in [4.69, 9.17) is 0 Å². The van der Waals surface area contributed by atoms with Crippen molar-refractivity contribution in [2.24, 2.45) is 0 Å². The van der Waals surface area contributed by atoms with Crippen molar-refractivity contribution in [2.45, 2.75) is 24.6 Å². The van der Waals surface area contributed by atoms with Crippen LogP contribution in [-0.2, 0) is 14.6 Å². The molecule has 0 saturated carbocycles. The van der Waals surface area contributed by atoms with Crippen LogP contribution in [0.25, 0.3) is 22.4 Å². The summed E-state index contributed by atoms with van der Waals surface area (Å²) in [7, 11) is -3.48. The molecular weight excluding hydrogens is 468 g/mol. The lowest BCUT2D eigenvalue weighted by Crippen LogP contribution is -2.58. The summed E-state index contributed by atoms with van der Waals surface area (Å²) < 4.78 is 76.3. The van der Waals surface area contributed by atoms with E-state index in [-0.39, 0.29) is 18.7 Å². The van der Waals surface area contributed by atoms with Gasteiger partial charge in [-0.15, -0.1) is 0 Å². The number of hydrogen-bond donors (Lipinski definition) is 3. The van der Waals surface area contributed by atoms with Crippen LogP contribution in [0.1, 0.15) is 12.8 Å². The van der Waals surface area contributed by atoms with Gasteiger partial charge in [0.25, 0.3) is 0 Å². The van der Waals surface area contributed by atoms with Crippen molar-refractivity contribution in [3.8, 4) is 11.4 Å². The van der Waals surface area contributed by atoms with Gasteiger partial charge in [0.15, 0.2) is 27.3 Å². The Morgan fingerprint density at radius 2 is 1.94 bits per heavy atom. The Hall–Kier alpha value is -3.29. The third-order valence-electron chi connectivity index (χ3n) is 5.36. The van der Waals surface area contributed by atoms with E-state index in [1.165, 1.54) is 0 Å². The molecule has 14 heteroatoms. The Balaban J connectivity index is 1.68. The minimum absolute atomic E-state index is 0.0763. The molecule has 1 amide bonds. The smallest absolute Gasteiger partial charge is 0.353 e. The van der Waals surface area contributed by atoms with E-state index in [1.54, 1.807) is 29.8 Å². The first kappa shape index (κ1) is 22.9. The first-order valence-electron chi connectivity index (χ1n) is 9.77. The van der Waals surface area contributed by atoms with Crippen molar-refractivity contribution in [1.29, 1.82) is 0 Å². The molecule has 0 aliphatic carbocycles. The Morgan fingerprint density at radius 1 is 1.21 bits per heavy atom. The molecule has 1 aliphatic rings. The molecular formula is C19H18F4N6O3S. The zero-order valence-electron chi connectivity index (χ0n) is 16.9. The first-order chi connectivity index (χ1) is 15.5. The summed E-state index contributed by atoms with van der Waals surface area (Å²) >= 11 is 0. The lowest BCUT2D eigenvalue weighted by atomic mass is 9.90. The van der Waals surface area contributed by atoms with Crippen LogP contribution >= 0.6 is 0 Å². The SMILES string of the molecule is O=C(NCC(F)(F)F)C1(Nc2nc(-c3c[nH]c4ncccc34)ncc2F)CCS(=O)(=O)CC1. The maximum atomic E-state index is 14.6. The average molecular weight is 486 g/mol. The van der Waals surface area contributed by atoms with E-state index >= 15 is 0 Å². The molecule has 0 atom stereocenters. The molecule has 0 spiro atoms. The summed E-state index contributed by atoms with van der Waals surface area (Å²) in [6.07, 6.45) is -1.38. The summed E-state index contributed by atoms with van der Waals surface area (Å²) in [5.74, 6) is -3.30. The highest BCUT2D eigenvalue weighted by atomic mass is 32.2. The quantitative estimate of drug-likeness (QED) is 0.472. The van der Waals surface area contributed by atoms with Crippen LogP contribution in [-0.4, -0.2) is 64.0 Å². The van der Waals surface area contributed by atoms with Crippen LogP contribution in [0.15, 0.2) is 30.7 Å². The number of anilines is 1. The zero-order valence-corrected chi connectivity index (χ0v) is 17.7. The molecule has 3 aromatic heterocycles. The maximum Gasteiger partial charge on any atom is 0.405 e. The topological polar surface area (TPSA) is 130 Å². The third kappa shape index (κ3) is 4.89. The summed E-state index contributed by atoms with van der Waals surface area (Å²) in [6, 6.07) is 3.43. The molecule has 33 heavy (non-hydrogen) atoms. The molecule has 3 N–H and O–H groups in total. The van der Waals surface area contributed by atoms with Crippen molar-refractivity contribution >= 4 is 32.6 Å². The van der Waals surface area contributed by atoms with Gasteiger partial charge in [-0.05, 0) is 25.0 Å². The number of hydrogen-bond acceptors (Lipinski definition) is 7. The molecule has 9 nitrogen and oxygen atoms in total. The van der Waals surface area contributed by atoms with E-state index < -0.39 is 57.1 Å². The number of halogens is 4. The largest absolute Gasteiger partial charge is 0.405 e. The van der Waals surface area contributed by atoms with Gasteiger partial charge >= 0.3 is 6.18 Å². The number of carbonyl (C=O) groups excluding carboxylic acids is 1. The lowest BCUT2D eigenvalue weighted by Gasteiger charge is -2.37. The second kappa shape index (κ2) is 8.24. The molecule has 176 valence electrons. The number of nitrogens with zero attached hydrogens (tertiary/aromatic N) is 3. The predicted molar refractivity (Wildman–Crippen MR) is 110 cm³/mol. The highest BCUT2D eigenvalue weighted by molar-refractivity contribution is 7.91. The molecule has 4 rings (SSSR count). The molecule has 0 bridgehead atoms. The second-order valence-corrected chi connectivity index (χ2v) is 9.95. The molecule has 4 heterocycles. The van der Waals surface area contributed by atoms with Crippen molar-refractivity contribution in [3.05, 3.63) is 36.5 Å². The van der Waals surface area contributed by atoms with Crippen LogP contribution in [0.2, 0.25) is 0 Å². The minimum atomic E-state index is -4.67. The molecule has 3 aromatic rings. The summed E-state index contributed by atoms with van der Waals surface area (Å²) in [5, 5.41) is 5.01. The van der Waals surface area contributed by atoms with Gasteiger partial charge in [0, 0.05) is 23.3 Å². The number of aromatic nitrogens is 4. The third-order valence-corrected chi connectivity index (χ3v) is 7.01. The van der Waals surface area contributed by atoms with Crippen LogP contribution in [0.5, 0.6) is 0 Å². The fourth-order valence-corrected chi connectivity index (χ4v) is 5.12. The van der Waals surface area contributed by atoms with Gasteiger partial charge in [0.05, 0.1) is 17.7 Å². The second-order valence-electron chi connectivity index (χ2n) is 7.65. The fourth-order valence-electron chi connectivity index (χ4n) is 3.60. The van der Waals surface area contributed by atoms with Crippen molar-refractivity contribution < 1.29 is 30.8 Å². The summed E-state index contributed by atoms with van der Waals surface area (Å²) in [5.41, 5.74) is -0.775. The average Bonchev–Trinajstić information content (AvgIpc) is 3.19. The predicted octanol–water partition coefficient (Wildman–Crippen LogP) is 2.20. The number of alkyl halides is 3. The number of pyridine rings is 1. The van der Waals surface area contributed by atoms with Gasteiger partial charge in [0.1, 0.15) is 17.7 Å². The maximum absolute atomic E-state index is 14.6. The van der Waals surface area contributed by atoms with E-state index in [1.807, 2.05) is 0 Å². The number of fused-ring (bicyclic) bond motifs is 1. The highest BCUT2D eigenvalue weighted by Gasteiger charge is 2.45. The van der Waals surface area contributed by atoms with E-state index in [2.05, 4.69) is 25.3 Å². The minimum Gasteiger partial charge on any atom is -0.353 e. The lowest BCUT2D eigenvalue weighted by molar-refractivity contribution is -0.141. The monoisotopic (exact) mass is 486 g/mol. The van der Waals surface area contributed by atoms with Crippen LogP contribution < -0.4 is 10.6 Å². The van der Waals surface area contributed by atoms with Crippen LogP contribution in [0, 0.1) is 5.82 Å². The van der Waals surface area contributed by atoms with Gasteiger partial charge in [-0.1, -0.05) is 0 Å². The van der Waals surface area contributed by atoms with E-state index in [0.29, 0.717) is 16.6 Å². The Kier molecular flexibility index (Phi) is 5.72. The summed E-state index contributed by atoms with van der Waals surface area (Å²) in [6.45, 7) is -1.61. The summed E-state index contributed by atoms with van der Waals surface area (Å²) in [4.78, 5) is 27.9. The number of aromatic amines is 1. The van der Waals surface area contributed by atoms with E-state index in [9.17, 15) is 30.8 Å². The number of rotatable bonds is 5. The number of amides is 1. The molecule has 1 aliphatic heterocycles. The number of H-pyrrole nitrogens is 1. The van der Waals surface area contributed by atoms with Gasteiger partial charge in [-0.2, -0.15) is 13.2 Å². The fraction of sp³-hybridized carbons (Fsp3) is 0.368.